The SMILES string of the molecule is CCOc1ccccc1Nc1ncnc(N2CCc3ccccc3C2)c1[N+](=O)[O-]. The molecule has 0 amide bonds. The number of nitro groups is 1. The Morgan fingerprint density at radius 1 is 1.14 bits per heavy atom. The van der Waals surface area contributed by atoms with Crippen LogP contribution in [0.1, 0.15) is 18.1 Å². The lowest BCUT2D eigenvalue weighted by Gasteiger charge is -2.29. The molecular formula is C21H21N5O3. The fourth-order valence-corrected chi connectivity index (χ4v) is 3.52. The number of para-hydroxylation sites is 2. The smallest absolute Gasteiger partial charge is 0.353 e. The molecule has 2 heterocycles. The number of rotatable bonds is 6. The fraction of sp³-hybridized carbons (Fsp3) is 0.238. The molecule has 29 heavy (non-hydrogen) atoms. The minimum atomic E-state index is -0.429. The summed E-state index contributed by atoms with van der Waals surface area (Å²) >= 11 is 0. The van der Waals surface area contributed by atoms with Gasteiger partial charge < -0.3 is 15.0 Å². The molecule has 0 fully saturated rings. The third-order valence-electron chi connectivity index (χ3n) is 4.86. The molecule has 0 unspecified atom stereocenters. The van der Waals surface area contributed by atoms with E-state index in [1.54, 1.807) is 12.1 Å². The van der Waals surface area contributed by atoms with Crippen LogP contribution < -0.4 is 15.0 Å². The summed E-state index contributed by atoms with van der Waals surface area (Å²) in [5.41, 5.74) is 2.90. The Morgan fingerprint density at radius 2 is 1.90 bits per heavy atom. The quantitative estimate of drug-likeness (QED) is 0.500. The van der Waals surface area contributed by atoms with E-state index in [0.717, 1.165) is 12.0 Å². The van der Waals surface area contributed by atoms with E-state index in [2.05, 4.69) is 21.4 Å². The van der Waals surface area contributed by atoms with E-state index in [-0.39, 0.29) is 11.5 Å². The first-order valence-electron chi connectivity index (χ1n) is 9.47. The summed E-state index contributed by atoms with van der Waals surface area (Å²) in [6.07, 6.45) is 2.17. The third-order valence-corrected chi connectivity index (χ3v) is 4.86. The largest absolute Gasteiger partial charge is 0.492 e. The molecular weight excluding hydrogens is 370 g/mol. The molecule has 1 aliphatic rings. The highest BCUT2D eigenvalue weighted by molar-refractivity contribution is 5.76. The van der Waals surface area contributed by atoms with Crippen LogP contribution >= 0.6 is 0 Å². The maximum absolute atomic E-state index is 12.0. The van der Waals surface area contributed by atoms with Crippen LogP contribution in [0.15, 0.2) is 54.9 Å². The van der Waals surface area contributed by atoms with Crippen LogP contribution in [0.3, 0.4) is 0 Å². The van der Waals surface area contributed by atoms with Gasteiger partial charge in [-0.15, -0.1) is 0 Å². The highest BCUT2D eigenvalue weighted by Gasteiger charge is 2.29. The number of ether oxygens (including phenoxy) is 1. The van der Waals surface area contributed by atoms with Crippen molar-refractivity contribution in [1.29, 1.82) is 0 Å². The molecule has 0 saturated heterocycles. The molecule has 8 heteroatoms. The highest BCUT2D eigenvalue weighted by Crippen LogP contribution is 2.37. The summed E-state index contributed by atoms with van der Waals surface area (Å²) in [5, 5.41) is 15.0. The predicted molar refractivity (Wildman–Crippen MR) is 111 cm³/mol. The molecule has 2 aromatic carbocycles. The molecule has 0 aliphatic carbocycles. The zero-order valence-corrected chi connectivity index (χ0v) is 16.0. The van der Waals surface area contributed by atoms with Crippen molar-refractivity contribution in [2.24, 2.45) is 0 Å². The van der Waals surface area contributed by atoms with Gasteiger partial charge in [-0.2, -0.15) is 0 Å². The van der Waals surface area contributed by atoms with Crippen molar-refractivity contribution in [3.05, 3.63) is 76.1 Å². The van der Waals surface area contributed by atoms with Crippen molar-refractivity contribution in [2.45, 2.75) is 19.9 Å². The van der Waals surface area contributed by atoms with E-state index in [9.17, 15) is 10.1 Å². The number of nitrogens with zero attached hydrogens (tertiary/aromatic N) is 4. The second kappa shape index (κ2) is 8.14. The summed E-state index contributed by atoms with van der Waals surface area (Å²) in [5.74, 6) is 1.07. The van der Waals surface area contributed by atoms with Gasteiger partial charge in [0.25, 0.3) is 0 Å². The van der Waals surface area contributed by atoms with Gasteiger partial charge in [0.15, 0.2) is 0 Å². The number of hydrogen-bond donors (Lipinski definition) is 1. The van der Waals surface area contributed by atoms with Crippen LogP contribution in [0.2, 0.25) is 0 Å². The molecule has 1 aromatic heterocycles. The van der Waals surface area contributed by atoms with Gasteiger partial charge in [0.05, 0.1) is 17.2 Å². The van der Waals surface area contributed by atoms with Gasteiger partial charge in [-0.3, -0.25) is 10.1 Å². The lowest BCUT2D eigenvalue weighted by Crippen LogP contribution is -2.31. The lowest BCUT2D eigenvalue weighted by atomic mass is 10.00. The van der Waals surface area contributed by atoms with Crippen LogP contribution in [0.5, 0.6) is 5.75 Å². The van der Waals surface area contributed by atoms with Crippen LogP contribution in [-0.2, 0) is 13.0 Å². The van der Waals surface area contributed by atoms with Gasteiger partial charge in [-0.1, -0.05) is 36.4 Å². The van der Waals surface area contributed by atoms with Gasteiger partial charge in [-0.05, 0) is 36.6 Å². The first-order valence-corrected chi connectivity index (χ1v) is 9.47. The summed E-state index contributed by atoms with van der Waals surface area (Å²) in [4.78, 5) is 21.9. The molecule has 0 saturated carbocycles. The lowest BCUT2D eigenvalue weighted by molar-refractivity contribution is -0.383. The number of aromatic nitrogens is 2. The Kier molecular flexibility index (Phi) is 5.24. The van der Waals surface area contributed by atoms with Crippen molar-refractivity contribution in [1.82, 2.24) is 9.97 Å². The van der Waals surface area contributed by atoms with E-state index >= 15 is 0 Å². The Morgan fingerprint density at radius 3 is 2.69 bits per heavy atom. The number of fused-ring (bicyclic) bond motifs is 1. The minimum Gasteiger partial charge on any atom is -0.492 e. The topological polar surface area (TPSA) is 93.4 Å². The first kappa shape index (κ1) is 18.7. The number of hydrogen-bond acceptors (Lipinski definition) is 7. The summed E-state index contributed by atoms with van der Waals surface area (Å²) in [6.45, 7) is 3.60. The van der Waals surface area contributed by atoms with E-state index in [1.807, 2.05) is 42.2 Å². The monoisotopic (exact) mass is 391 g/mol. The van der Waals surface area contributed by atoms with Gasteiger partial charge >= 0.3 is 5.69 Å². The van der Waals surface area contributed by atoms with Gasteiger partial charge in [-0.25, -0.2) is 9.97 Å². The molecule has 0 spiro atoms. The molecule has 148 valence electrons. The molecule has 3 aromatic rings. The average Bonchev–Trinajstić information content (AvgIpc) is 2.74. The second-order valence-corrected chi connectivity index (χ2v) is 6.65. The van der Waals surface area contributed by atoms with Crippen LogP contribution in [0, 0.1) is 10.1 Å². The van der Waals surface area contributed by atoms with Gasteiger partial charge in [0, 0.05) is 13.1 Å². The van der Waals surface area contributed by atoms with Crippen LogP contribution in [-0.4, -0.2) is 28.0 Å². The zero-order chi connectivity index (χ0) is 20.2. The molecule has 8 nitrogen and oxygen atoms in total. The standard InChI is InChI=1S/C21H21N5O3/c1-2-29-18-10-6-5-9-17(18)24-20-19(26(27)28)21(23-14-22-20)25-12-11-15-7-3-4-8-16(15)13-25/h3-10,14H,2,11-13H2,1H3,(H,22,23,24). The molecule has 4 rings (SSSR count). The Labute approximate surface area is 168 Å². The van der Waals surface area contributed by atoms with Crippen molar-refractivity contribution < 1.29 is 9.66 Å². The van der Waals surface area contributed by atoms with Gasteiger partial charge in [0.1, 0.15) is 12.1 Å². The molecule has 0 bridgehead atoms. The maximum Gasteiger partial charge on any atom is 0.353 e. The summed E-state index contributed by atoms with van der Waals surface area (Å²) < 4.78 is 5.61. The van der Waals surface area contributed by atoms with E-state index in [0.29, 0.717) is 37.0 Å². The zero-order valence-electron chi connectivity index (χ0n) is 16.0. The normalized spacial score (nSPS) is 12.9. The highest BCUT2D eigenvalue weighted by atomic mass is 16.6. The van der Waals surface area contributed by atoms with Crippen molar-refractivity contribution in [3.8, 4) is 5.75 Å². The van der Waals surface area contributed by atoms with E-state index < -0.39 is 4.92 Å². The Balaban J connectivity index is 1.70. The predicted octanol–water partition coefficient (Wildman–Crippen LogP) is 4.09. The molecule has 1 N–H and O–H groups in total. The maximum atomic E-state index is 12.0. The first-order chi connectivity index (χ1) is 14.2. The Bertz CT molecular complexity index is 1040. The third kappa shape index (κ3) is 3.82. The van der Waals surface area contributed by atoms with Crippen molar-refractivity contribution >= 4 is 23.0 Å². The Hall–Kier alpha value is -3.68. The van der Waals surface area contributed by atoms with Crippen molar-refractivity contribution in [2.75, 3.05) is 23.4 Å². The average molecular weight is 391 g/mol. The number of benzene rings is 2. The summed E-state index contributed by atoms with van der Waals surface area (Å²) in [7, 11) is 0. The van der Waals surface area contributed by atoms with Crippen LogP contribution in [0.4, 0.5) is 23.0 Å². The minimum absolute atomic E-state index is 0.141. The second-order valence-electron chi connectivity index (χ2n) is 6.65. The van der Waals surface area contributed by atoms with E-state index in [4.69, 9.17) is 4.74 Å². The van der Waals surface area contributed by atoms with Crippen LogP contribution in [0.25, 0.3) is 0 Å². The molecule has 0 atom stereocenters. The fourth-order valence-electron chi connectivity index (χ4n) is 3.52. The number of anilines is 3. The summed E-state index contributed by atoms with van der Waals surface area (Å²) in [6, 6.07) is 15.4. The molecule has 1 aliphatic heterocycles. The molecule has 0 radical (unpaired) electrons. The number of nitrogens with one attached hydrogen (secondary N) is 1. The van der Waals surface area contributed by atoms with Crippen molar-refractivity contribution in [3.63, 3.8) is 0 Å². The van der Waals surface area contributed by atoms with Gasteiger partial charge in [0.2, 0.25) is 11.6 Å². The van der Waals surface area contributed by atoms with E-state index in [1.165, 1.54) is 11.9 Å².